The highest BCUT2D eigenvalue weighted by molar-refractivity contribution is 7.92. The molecule has 0 aliphatic rings. The Morgan fingerprint density at radius 3 is 2.20 bits per heavy atom. The van der Waals surface area contributed by atoms with Gasteiger partial charge >= 0.3 is 0 Å². The third-order valence-corrected chi connectivity index (χ3v) is 6.08. The number of aryl methyl sites for hydroxylation is 1. The van der Waals surface area contributed by atoms with E-state index in [1.807, 2.05) is 38.1 Å². The summed E-state index contributed by atoms with van der Waals surface area (Å²) in [6.45, 7) is 3.77. The van der Waals surface area contributed by atoms with Crippen molar-refractivity contribution in [1.29, 1.82) is 0 Å². The number of benzene rings is 3. The number of nitrogens with one attached hydrogen (secondary N) is 2. The number of sulfonamides is 1. The molecule has 0 aliphatic heterocycles. The van der Waals surface area contributed by atoms with Gasteiger partial charge in [-0.05, 0) is 56.3 Å². The van der Waals surface area contributed by atoms with Gasteiger partial charge in [-0.2, -0.15) is 0 Å². The van der Waals surface area contributed by atoms with Crippen molar-refractivity contribution >= 4 is 21.6 Å². The van der Waals surface area contributed by atoms with Crippen LogP contribution in [0, 0.1) is 6.92 Å². The molecule has 0 radical (unpaired) electrons. The number of methoxy groups -OCH3 is 1. The normalized spacial score (nSPS) is 12.1. The second-order valence-corrected chi connectivity index (χ2v) is 8.62. The van der Waals surface area contributed by atoms with E-state index in [-0.39, 0.29) is 16.8 Å². The Morgan fingerprint density at radius 1 is 0.933 bits per heavy atom. The fourth-order valence-electron chi connectivity index (χ4n) is 3.00. The van der Waals surface area contributed by atoms with Crippen molar-refractivity contribution in [1.82, 2.24) is 5.32 Å². The molecule has 30 heavy (non-hydrogen) atoms. The van der Waals surface area contributed by atoms with E-state index in [4.69, 9.17) is 4.74 Å². The van der Waals surface area contributed by atoms with E-state index < -0.39 is 10.0 Å². The van der Waals surface area contributed by atoms with Crippen LogP contribution in [0.15, 0.2) is 77.7 Å². The van der Waals surface area contributed by atoms with E-state index in [2.05, 4.69) is 10.0 Å². The molecule has 0 aromatic heterocycles. The van der Waals surface area contributed by atoms with Gasteiger partial charge < -0.3 is 10.1 Å². The van der Waals surface area contributed by atoms with Crippen LogP contribution in [0.1, 0.15) is 34.5 Å². The molecule has 1 amide bonds. The van der Waals surface area contributed by atoms with Gasteiger partial charge in [0.2, 0.25) is 0 Å². The average Bonchev–Trinajstić information content (AvgIpc) is 2.74. The third kappa shape index (κ3) is 4.99. The van der Waals surface area contributed by atoms with Crippen LogP contribution in [0.5, 0.6) is 5.75 Å². The number of rotatable bonds is 7. The van der Waals surface area contributed by atoms with Crippen molar-refractivity contribution < 1.29 is 17.9 Å². The van der Waals surface area contributed by atoms with Crippen LogP contribution in [0.2, 0.25) is 0 Å². The predicted octanol–water partition coefficient (Wildman–Crippen LogP) is 4.30. The molecule has 0 aliphatic carbocycles. The molecule has 2 N–H and O–H groups in total. The number of hydrogen-bond acceptors (Lipinski definition) is 4. The van der Waals surface area contributed by atoms with Crippen molar-refractivity contribution in [2.75, 3.05) is 11.8 Å². The molecule has 0 spiro atoms. The smallest absolute Gasteiger partial charge is 0.261 e. The zero-order valence-corrected chi connectivity index (χ0v) is 17.9. The molecule has 0 saturated heterocycles. The van der Waals surface area contributed by atoms with Crippen molar-refractivity contribution in [3.05, 3.63) is 89.5 Å². The zero-order valence-electron chi connectivity index (χ0n) is 17.0. The minimum absolute atomic E-state index is 0.181. The molecule has 7 heteroatoms. The van der Waals surface area contributed by atoms with E-state index in [9.17, 15) is 13.2 Å². The fraction of sp³-hybridized carbons (Fsp3) is 0.174. The van der Waals surface area contributed by atoms with Crippen LogP contribution in [-0.2, 0) is 10.0 Å². The van der Waals surface area contributed by atoms with E-state index in [0.717, 1.165) is 11.1 Å². The first-order chi connectivity index (χ1) is 14.3. The summed E-state index contributed by atoms with van der Waals surface area (Å²) >= 11 is 0. The van der Waals surface area contributed by atoms with E-state index in [1.165, 1.54) is 0 Å². The van der Waals surface area contributed by atoms with Gasteiger partial charge in [0, 0.05) is 16.8 Å². The summed E-state index contributed by atoms with van der Waals surface area (Å²) in [6.07, 6.45) is 0. The lowest BCUT2D eigenvalue weighted by Gasteiger charge is -2.17. The molecular formula is C23H24N2O4S. The molecule has 156 valence electrons. The minimum Gasteiger partial charge on any atom is -0.496 e. The van der Waals surface area contributed by atoms with Crippen LogP contribution in [-0.4, -0.2) is 21.4 Å². The Bertz CT molecular complexity index is 1120. The third-order valence-electron chi connectivity index (χ3n) is 4.68. The summed E-state index contributed by atoms with van der Waals surface area (Å²) in [7, 11) is -2.10. The Hall–Kier alpha value is -3.32. The monoisotopic (exact) mass is 424 g/mol. The highest BCUT2D eigenvalue weighted by atomic mass is 32.2. The van der Waals surface area contributed by atoms with Gasteiger partial charge in [0.1, 0.15) is 5.75 Å². The molecular weight excluding hydrogens is 400 g/mol. The number of ether oxygens (including phenoxy) is 1. The lowest BCUT2D eigenvalue weighted by Crippen LogP contribution is -2.26. The van der Waals surface area contributed by atoms with Gasteiger partial charge in [-0.3, -0.25) is 9.52 Å². The van der Waals surface area contributed by atoms with Gasteiger partial charge in [0.05, 0.1) is 18.0 Å². The minimum atomic E-state index is -3.69. The summed E-state index contributed by atoms with van der Waals surface area (Å²) in [6, 6.07) is 20.1. The van der Waals surface area contributed by atoms with Gasteiger partial charge in [-0.25, -0.2) is 8.42 Å². The molecule has 3 aromatic rings. The Labute approximate surface area is 177 Å². The lowest BCUT2D eigenvalue weighted by molar-refractivity contribution is 0.0939. The van der Waals surface area contributed by atoms with Crippen LogP contribution in [0.4, 0.5) is 5.69 Å². The fourth-order valence-corrected chi connectivity index (χ4v) is 4.06. The first-order valence-electron chi connectivity index (χ1n) is 9.43. The molecule has 0 heterocycles. The number of para-hydroxylation sites is 1. The zero-order chi connectivity index (χ0) is 21.7. The molecule has 0 saturated carbocycles. The van der Waals surface area contributed by atoms with Crippen molar-refractivity contribution in [2.45, 2.75) is 24.8 Å². The molecule has 1 atom stereocenters. The van der Waals surface area contributed by atoms with Gasteiger partial charge in [0.25, 0.3) is 15.9 Å². The summed E-state index contributed by atoms with van der Waals surface area (Å²) in [5.74, 6) is 0.438. The number of carbonyl (C=O) groups is 1. The maximum atomic E-state index is 12.6. The molecule has 0 fully saturated rings. The first-order valence-corrected chi connectivity index (χ1v) is 10.9. The second-order valence-electron chi connectivity index (χ2n) is 6.93. The van der Waals surface area contributed by atoms with Crippen molar-refractivity contribution in [3.63, 3.8) is 0 Å². The van der Waals surface area contributed by atoms with Crippen LogP contribution >= 0.6 is 0 Å². The molecule has 3 aromatic carbocycles. The maximum Gasteiger partial charge on any atom is 0.261 e. The first kappa shape index (κ1) is 21.4. The van der Waals surface area contributed by atoms with E-state index >= 15 is 0 Å². The predicted molar refractivity (Wildman–Crippen MR) is 117 cm³/mol. The topological polar surface area (TPSA) is 84.5 Å². The van der Waals surface area contributed by atoms with Gasteiger partial charge in [-0.15, -0.1) is 0 Å². The molecule has 6 nitrogen and oxygen atoms in total. The Morgan fingerprint density at radius 2 is 1.57 bits per heavy atom. The average molecular weight is 425 g/mol. The molecule has 0 unspecified atom stereocenters. The Balaban J connectivity index is 1.69. The SMILES string of the molecule is COc1ccccc1[C@@H](C)NC(=O)c1ccc(NS(=O)(=O)c2ccc(C)cc2)cc1. The van der Waals surface area contributed by atoms with Crippen LogP contribution in [0.3, 0.4) is 0 Å². The largest absolute Gasteiger partial charge is 0.496 e. The summed E-state index contributed by atoms with van der Waals surface area (Å²) in [4.78, 5) is 12.8. The number of anilines is 1. The van der Waals surface area contributed by atoms with Crippen LogP contribution in [0.25, 0.3) is 0 Å². The highest BCUT2D eigenvalue weighted by Crippen LogP contribution is 2.25. The Kier molecular flexibility index (Phi) is 6.42. The maximum absolute atomic E-state index is 12.6. The lowest BCUT2D eigenvalue weighted by atomic mass is 10.1. The van der Waals surface area contributed by atoms with Crippen molar-refractivity contribution in [2.24, 2.45) is 0 Å². The second kappa shape index (κ2) is 9.00. The number of carbonyl (C=O) groups excluding carboxylic acids is 1. The number of hydrogen-bond donors (Lipinski definition) is 2. The van der Waals surface area contributed by atoms with Crippen molar-refractivity contribution in [3.8, 4) is 5.75 Å². The van der Waals surface area contributed by atoms with E-state index in [0.29, 0.717) is 17.0 Å². The molecule has 0 bridgehead atoms. The van der Waals surface area contributed by atoms with Gasteiger partial charge in [0.15, 0.2) is 0 Å². The quantitative estimate of drug-likeness (QED) is 0.592. The number of amides is 1. The summed E-state index contributed by atoms with van der Waals surface area (Å²) < 4.78 is 32.9. The van der Waals surface area contributed by atoms with Crippen LogP contribution < -0.4 is 14.8 Å². The van der Waals surface area contributed by atoms with E-state index in [1.54, 1.807) is 55.6 Å². The summed E-state index contributed by atoms with van der Waals surface area (Å²) in [5, 5.41) is 2.93. The van der Waals surface area contributed by atoms with Gasteiger partial charge in [-0.1, -0.05) is 35.9 Å². The molecule has 3 rings (SSSR count). The standard InChI is InChI=1S/C23H24N2O4S/c1-16-8-14-20(15-9-16)30(27,28)25-19-12-10-18(11-13-19)23(26)24-17(2)21-6-4-5-7-22(21)29-3/h4-15,17,25H,1-3H3,(H,24,26)/t17-/m1/s1. The summed E-state index contributed by atoms with van der Waals surface area (Å²) in [5.41, 5.74) is 2.66. The highest BCUT2D eigenvalue weighted by Gasteiger charge is 2.16.